The maximum atomic E-state index is 6.56. The SMILES string of the molecule is CCCC(C)COC1(CBr)C2CCC(C2)C1(C)C. The number of rotatable bonds is 6. The van der Waals surface area contributed by atoms with Gasteiger partial charge >= 0.3 is 0 Å². The third-order valence-electron chi connectivity index (χ3n) is 5.81. The van der Waals surface area contributed by atoms with Gasteiger partial charge in [0, 0.05) is 11.9 Å². The van der Waals surface area contributed by atoms with Gasteiger partial charge in [-0.25, -0.2) is 0 Å². The molecule has 4 atom stereocenters. The van der Waals surface area contributed by atoms with Crippen molar-refractivity contribution in [3.8, 4) is 0 Å². The molecule has 2 bridgehead atoms. The summed E-state index contributed by atoms with van der Waals surface area (Å²) in [6.45, 7) is 10.4. The molecule has 0 spiro atoms. The molecule has 18 heavy (non-hydrogen) atoms. The lowest BCUT2D eigenvalue weighted by Crippen LogP contribution is -2.53. The molecule has 0 heterocycles. The predicted octanol–water partition coefficient (Wildman–Crippen LogP) is 5.03. The summed E-state index contributed by atoms with van der Waals surface area (Å²) in [7, 11) is 0. The molecule has 0 aromatic carbocycles. The molecule has 2 saturated carbocycles. The zero-order valence-electron chi connectivity index (χ0n) is 12.5. The van der Waals surface area contributed by atoms with Crippen LogP contribution in [0.4, 0.5) is 0 Å². The fourth-order valence-electron chi connectivity index (χ4n) is 4.42. The molecule has 2 rings (SSSR count). The predicted molar refractivity (Wildman–Crippen MR) is 81.2 cm³/mol. The number of hydrogen-bond donors (Lipinski definition) is 0. The van der Waals surface area contributed by atoms with Crippen molar-refractivity contribution in [3.05, 3.63) is 0 Å². The van der Waals surface area contributed by atoms with Gasteiger partial charge in [-0.2, -0.15) is 0 Å². The summed E-state index contributed by atoms with van der Waals surface area (Å²) in [6.07, 6.45) is 6.73. The maximum absolute atomic E-state index is 6.56. The molecule has 2 aliphatic rings. The molecule has 2 fully saturated rings. The maximum Gasteiger partial charge on any atom is 0.0860 e. The summed E-state index contributed by atoms with van der Waals surface area (Å²) in [5.74, 6) is 2.35. The fourth-order valence-corrected chi connectivity index (χ4v) is 5.77. The Morgan fingerprint density at radius 3 is 2.44 bits per heavy atom. The van der Waals surface area contributed by atoms with Crippen LogP contribution < -0.4 is 0 Å². The molecule has 1 nitrogen and oxygen atoms in total. The van der Waals surface area contributed by atoms with Gasteiger partial charge in [-0.05, 0) is 48.9 Å². The number of ether oxygens (including phenoxy) is 1. The number of alkyl halides is 1. The minimum atomic E-state index is 0.0952. The van der Waals surface area contributed by atoms with Crippen molar-refractivity contribution < 1.29 is 4.74 Å². The molecule has 0 N–H and O–H groups in total. The van der Waals surface area contributed by atoms with Crippen molar-refractivity contribution in [2.24, 2.45) is 23.2 Å². The lowest BCUT2D eigenvalue weighted by atomic mass is 9.66. The van der Waals surface area contributed by atoms with Crippen molar-refractivity contribution in [2.45, 2.75) is 65.4 Å². The van der Waals surface area contributed by atoms with E-state index in [9.17, 15) is 0 Å². The average Bonchev–Trinajstić information content (AvgIpc) is 2.87. The minimum Gasteiger partial charge on any atom is -0.373 e. The van der Waals surface area contributed by atoms with E-state index in [2.05, 4.69) is 43.6 Å². The topological polar surface area (TPSA) is 9.23 Å². The van der Waals surface area contributed by atoms with Crippen LogP contribution in [0.2, 0.25) is 0 Å². The lowest BCUT2D eigenvalue weighted by Gasteiger charge is -2.49. The van der Waals surface area contributed by atoms with Gasteiger partial charge in [0.15, 0.2) is 0 Å². The molecular weight excluding hydrogens is 288 g/mol. The highest BCUT2D eigenvalue weighted by Crippen LogP contribution is 2.63. The highest BCUT2D eigenvalue weighted by Gasteiger charge is 2.63. The van der Waals surface area contributed by atoms with Gasteiger partial charge < -0.3 is 4.74 Å². The number of halogens is 1. The smallest absolute Gasteiger partial charge is 0.0860 e. The molecule has 2 heteroatoms. The Labute approximate surface area is 121 Å². The standard InChI is InChI=1S/C16H29BrO/c1-5-6-12(2)10-18-16(11-17)14-8-7-13(9-14)15(16,3)4/h12-14H,5-11H2,1-4H3. The summed E-state index contributed by atoms with van der Waals surface area (Å²) >= 11 is 3.77. The molecular formula is C16H29BrO. The van der Waals surface area contributed by atoms with E-state index in [4.69, 9.17) is 4.74 Å². The van der Waals surface area contributed by atoms with Crippen LogP contribution in [0.3, 0.4) is 0 Å². The molecule has 0 saturated heterocycles. The van der Waals surface area contributed by atoms with Gasteiger partial charge in [0.05, 0.1) is 5.60 Å². The number of fused-ring (bicyclic) bond motifs is 2. The molecule has 4 unspecified atom stereocenters. The van der Waals surface area contributed by atoms with Gasteiger partial charge in [-0.1, -0.05) is 50.0 Å². The van der Waals surface area contributed by atoms with Crippen LogP contribution in [-0.4, -0.2) is 17.5 Å². The van der Waals surface area contributed by atoms with E-state index in [0.29, 0.717) is 11.3 Å². The number of hydrogen-bond acceptors (Lipinski definition) is 1. The quantitative estimate of drug-likeness (QED) is 0.624. The molecule has 0 aromatic rings. The van der Waals surface area contributed by atoms with Crippen molar-refractivity contribution in [1.29, 1.82) is 0 Å². The first-order chi connectivity index (χ1) is 8.48. The Morgan fingerprint density at radius 1 is 1.28 bits per heavy atom. The zero-order valence-corrected chi connectivity index (χ0v) is 14.1. The molecule has 2 aliphatic carbocycles. The van der Waals surface area contributed by atoms with Crippen molar-refractivity contribution in [1.82, 2.24) is 0 Å². The molecule has 0 radical (unpaired) electrons. The summed E-state index contributed by atoms with van der Waals surface area (Å²) in [5.41, 5.74) is 0.434. The van der Waals surface area contributed by atoms with E-state index in [1.807, 2.05) is 0 Å². The molecule has 0 aliphatic heterocycles. The van der Waals surface area contributed by atoms with E-state index in [1.165, 1.54) is 32.1 Å². The van der Waals surface area contributed by atoms with Gasteiger partial charge in [-0.3, -0.25) is 0 Å². The second-order valence-corrected chi connectivity index (χ2v) is 7.72. The van der Waals surface area contributed by atoms with Crippen LogP contribution in [0.15, 0.2) is 0 Å². The largest absolute Gasteiger partial charge is 0.373 e. The van der Waals surface area contributed by atoms with Crippen LogP contribution >= 0.6 is 15.9 Å². The molecule has 0 aromatic heterocycles. The summed E-state index contributed by atoms with van der Waals surface area (Å²) in [4.78, 5) is 0. The zero-order chi connectivity index (χ0) is 13.4. The van der Waals surface area contributed by atoms with Crippen LogP contribution in [0, 0.1) is 23.2 Å². The van der Waals surface area contributed by atoms with Crippen LogP contribution in [0.25, 0.3) is 0 Å². The van der Waals surface area contributed by atoms with E-state index in [-0.39, 0.29) is 5.60 Å². The summed E-state index contributed by atoms with van der Waals surface area (Å²) in [5, 5.41) is 1.01. The summed E-state index contributed by atoms with van der Waals surface area (Å²) in [6, 6.07) is 0. The minimum absolute atomic E-state index is 0.0952. The molecule has 106 valence electrons. The van der Waals surface area contributed by atoms with E-state index in [1.54, 1.807) is 0 Å². The van der Waals surface area contributed by atoms with E-state index >= 15 is 0 Å². The summed E-state index contributed by atoms with van der Waals surface area (Å²) < 4.78 is 6.56. The van der Waals surface area contributed by atoms with E-state index in [0.717, 1.165) is 23.8 Å². The third-order valence-corrected chi connectivity index (χ3v) is 6.64. The van der Waals surface area contributed by atoms with Crippen LogP contribution in [0.5, 0.6) is 0 Å². The normalized spacial score (nSPS) is 39.2. The van der Waals surface area contributed by atoms with Gasteiger partial charge in [0.2, 0.25) is 0 Å². The second kappa shape index (κ2) is 5.44. The third kappa shape index (κ3) is 2.18. The Bertz CT molecular complexity index is 289. The van der Waals surface area contributed by atoms with Crippen LogP contribution in [0.1, 0.15) is 59.8 Å². The van der Waals surface area contributed by atoms with Crippen molar-refractivity contribution in [2.75, 3.05) is 11.9 Å². The van der Waals surface area contributed by atoms with Gasteiger partial charge in [0.1, 0.15) is 0 Å². The first kappa shape index (κ1) is 14.8. The van der Waals surface area contributed by atoms with E-state index < -0.39 is 0 Å². The lowest BCUT2D eigenvalue weighted by molar-refractivity contribution is -0.145. The highest BCUT2D eigenvalue weighted by atomic mass is 79.9. The van der Waals surface area contributed by atoms with Crippen molar-refractivity contribution in [3.63, 3.8) is 0 Å². The first-order valence-electron chi connectivity index (χ1n) is 7.67. The molecule has 0 amide bonds. The Balaban J connectivity index is 2.06. The second-order valence-electron chi connectivity index (χ2n) is 7.16. The monoisotopic (exact) mass is 316 g/mol. The Morgan fingerprint density at radius 2 is 1.94 bits per heavy atom. The van der Waals surface area contributed by atoms with Crippen molar-refractivity contribution >= 4 is 15.9 Å². The Hall–Kier alpha value is 0.440. The van der Waals surface area contributed by atoms with Gasteiger partial charge in [0.25, 0.3) is 0 Å². The van der Waals surface area contributed by atoms with Gasteiger partial charge in [-0.15, -0.1) is 0 Å². The fraction of sp³-hybridized carbons (Fsp3) is 1.00. The van der Waals surface area contributed by atoms with Crippen LogP contribution in [-0.2, 0) is 4.74 Å². The first-order valence-corrected chi connectivity index (χ1v) is 8.80. The Kier molecular flexibility index (Phi) is 4.48. The highest BCUT2D eigenvalue weighted by molar-refractivity contribution is 9.09. The average molecular weight is 317 g/mol.